The third-order valence-corrected chi connectivity index (χ3v) is 7.36. The maximum absolute atomic E-state index is 4.38. The number of hydrogen-bond donors (Lipinski definition) is 0. The van der Waals surface area contributed by atoms with E-state index in [4.69, 9.17) is 0 Å². The van der Waals surface area contributed by atoms with Crippen molar-refractivity contribution in [2.24, 2.45) is 0 Å². The summed E-state index contributed by atoms with van der Waals surface area (Å²) in [6.45, 7) is 17.3. The zero-order valence-corrected chi connectivity index (χ0v) is 21.7. The Bertz CT molecular complexity index is 1500. The van der Waals surface area contributed by atoms with E-state index in [9.17, 15) is 0 Å². The topological polar surface area (TPSA) is 3.24 Å². The lowest BCUT2D eigenvalue weighted by atomic mass is 9.81. The zero-order valence-electron chi connectivity index (χ0n) is 21.7. The van der Waals surface area contributed by atoms with Gasteiger partial charge in [0, 0.05) is 22.9 Å². The van der Waals surface area contributed by atoms with Gasteiger partial charge in [-0.15, -0.1) is 0 Å². The van der Waals surface area contributed by atoms with Gasteiger partial charge in [-0.1, -0.05) is 93.3 Å². The predicted octanol–water partition coefficient (Wildman–Crippen LogP) is 9.52. The second kappa shape index (κ2) is 9.17. The Morgan fingerprint density at radius 3 is 2.31 bits per heavy atom. The Labute approximate surface area is 215 Å². The lowest BCUT2D eigenvalue weighted by Crippen LogP contribution is -2.16. The van der Waals surface area contributed by atoms with Gasteiger partial charge in [-0.05, 0) is 89.2 Å². The van der Waals surface area contributed by atoms with Crippen LogP contribution in [0.2, 0.25) is 0 Å². The van der Waals surface area contributed by atoms with Crippen molar-refractivity contribution in [3.63, 3.8) is 0 Å². The van der Waals surface area contributed by atoms with Crippen LogP contribution < -0.4 is 4.90 Å². The first-order valence-electron chi connectivity index (χ1n) is 12.5. The van der Waals surface area contributed by atoms with E-state index in [0.29, 0.717) is 0 Å². The fourth-order valence-corrected chi connectivity index (χ4v) is 5.36. The van der Waals surface area contributed by atoms with Gasteiger partial charge in [-0.2, -0.15) is 0 Å². The number of allylic oxidation sites excluding steroid dienone is 8. The molecule has 2 aliphatic rings. The van der Waals surface area contributed by atoms with Gasteiger partial charge in [0.1, 0.15) is 0 Å². The van der Waals surface area contributed by atoms with E-state index in [0.717, 1.165) is 22.5 Å². The fourth-order valence-electron chi connectivity index (χ4n) is 5.36. The van der Waals surface area contributed by atoms with Crippen LogP contribution in [-0.4, -0.2) is 0 Å². The molecule has 3 aromatic rings. The van der Waals surface area contributed by atoms with Crippen molar-refractivity contribution in [1.82, 2.24) is 0 Å². The molecule has 0 fully saturated rings. The molecule has 0 radical (unpaired) electrons. The molecule has 0 atom stereocenters. The predicted molar refractivity (Wildman–Crippen MR) is 157 cm³/mol. The van der Waals surface area contributed by atoms with Gasteiger partial charge >= 0.3 is 0 Å². The first-order chi connectivity index (χ1) is 17.3. The van der Waals surface area contributed by atoms with Crippen LogP contribution in [0.4, 0.5) is 5.69 Å². The molecule has 0 aromatic heterocycles. The SMILES string of the molecule is C=C/C(=C\C=C/C)N1/C=C\C=C/C(=C)c2cc(-c3ccc4c(c3)C(C)(C)c3cc(C)ccc3-4)ccc21. The van der Waals surface area contributed by atoms with E-state index < -0.39 is 0 Å². The Morgan fingerprint density at radius 2 is 1.56 bits per heavy atom. The van der Waals surface area contributed by atoms with E-state index in [2.05, 4.69) is 112 Å². The number of nitrogens with zero attached hydrogens (tertiary/aromatic N) is 1. The van der Waals surface area contributed by atoms with Crippen molar-refractivity contribution in [3.8, 4) is 22.3 Å². The smallest absolute Gasteiger partial charge is 0.0534 e. The lowest BCUT2D eigenvalue weighted by molar-refractivity contribution is 0.660. The molecule has 178 valence electrons. The third-order valence-electron chi connectivity index (χ3n) is 7.36. The van der Waals surface area contributed by atoms with Crippen molar-refractivity contribution < 1.29 is 0 Å². The van der Waals surface area contributed by atoms with Gasteiger partial charge < -0.3 is 4.90 Å². The van der Waals surface area contributed by atoms with Crippen LogP contribution in [0.3, 0.4) is 0 Å². The zero-order chi connectivity index (χ0) is 25.4. The van der Waals surface area contributed by atoms with Gasteiger partial charge in [0.2, 0.25) is 0 Å². The minimum atomic E-state index is -0.0271. The van der Waals surface area contributed by atoms with Gasteiger partial charge in [0.05, 0.1) is 5.69 Å². The summed E-state index contributed by atoms with van der Waals surface area (Å²) in [4.78, 5) is 2.17. The van der Waals surface area contributed by atoms with Crippen LogP contribution in [0, 0.1) is 6.92 Å². The van der Waals surface area contributed by atoms with E-state index in [1.54, 1.807) is 0 Å². The number of benzene rings is 3. The first-order valence-corrected chi connectivity index (χ1v) is 12.5. The van der Waals surface area contributed by atoms with Gasteiger partial charge in [-0.25, -0.2) is 0 Å². The Balaban J connectivity index is 1.62. The van der Waals surface area contributed by atoms with Crippen molar-refractivity contribution in [3.05, 3.63) is 144 Å². The monoisotopic (exact) mass is 467 g/mol. The van der Waals surface area contributed by atoms with Crippen LogP contribution in [0.1, 0.15) is 43.0 Å². The molecule has 1 heterocycles. The molecule has 3 aromatic carbocycles. The molecule has 36 heavy (non-hydrogen) atoms. The normalized spacial score (nSPS) is 17.7. The minimum absolute atomic E-state index is 0.0271. The van der Waals surface area contributed by atoms with Gasteiger partial charge in [0.15, 0.2) is 0 Å². The van der Waals surface area contributed by atoms with E-state index >= 15 is 0 Å². The summed E-state index contributed by atoms with van der Waals surface area (Å²) >= 11 is 0. The molecule has 0 unspecified atom stereocenters. The standard InChI is InChI=1S/C35H33N/c1-7-9-13-28(8-2)36-20-11-10-12-25(4)31-22-26(16-19-34(31)36)27-15-18-30-29-17-14-24(3)21-32(29)35(5,6)33(30)23-27/h7-23H,2,4H2,1,3,5-6H3/b9-7-,12-10-,20-11-,28-13+. The van der Waals surface area contributed by atoms with Crippen molar-refractivity contribution in [2.45, 2.75) is 33.1 Å². The third kappa shape index (κ3) is 3.91. The van der Waals surface area contributed by atoms with Crippen LogP contribution >= 0.6 is 0 Å². The number of hydrogen-bond acceptors (Lipinski definition) is 1. The lowest BCUT2D eigenvalue weighted by Gasteiger charge is -2.26. The average Bonchev–Trinajstić information content (AvgIpc) is 3.09. The maximum Gasteiger partial charge on any atom is 0.0534 e. The van der Waals surface area contributed by atoms with E-state index in [1.807, 2.05) is 37.3 Å². The summed E-state index contributed by atoms with van der Waals surface area (Å²) in [6, 6.07) is 20.5. The molecule has 0 saturated heterocycles. The number of aryl methyl sites for hydroxylation is 1. The molecule has 1 heteroatoms. The fraction of sp³-hybridized carbons (Fsp3) is 0.143. The van der Waals surface area contributed by atoms with Crippen LogP contribution in [0.5, 0.6) is 0 Å². The molecular weight excluding hydrogens is 434 g/mol. The molecule has 0 saturated carbocycles. The molecule has 0 spiro atoms. The Kier molecular flexibility index (Phi) is 6.02. The van der Waals surface area contributed by atoms with E-state index in [-0.39, 0.29) is 5.41 Å². The quantitative estimate of drug-likeness (QED) is 0.345. The van der Waals surface area contributed by atoms with Gasteiger partial charge in [0.25, 0.3) is 0 Å². The average molecular weight is 468 g/mol. The maximum atomic E-state index is 4.38. The largest absolute Gasteiger partial charge is 0.317 e. The highest BCUT2D eigenvalue weighted by Gasteiger charge is 2.35. The number of rotatable bonds is 4. The van der Waals surface area contributed by atoms with E-state index in [1.165, 1.54) is 38.9 Å². The molecule has 1 aliphatic heterocycles. The molecule has 0 N–H and O–H groups in total. The summed E-state index contributed by atoms with van der Waals surface area (Å²) in [7, 11) is 0. The summed E-state index contributed by atoms with van der Waals surface area (Å²) < 4.78 is 0. The summed E-state index contributed by atoms with van der Waals surface area (Å²) in [5, 5.41) is 0. The first kappa shape index (κ1) is 23.6. The van der Waals surface area contributed by atoms with Crippen LogP contribution in [0.25, 0.3) is 27.8 Å². The summed E-state index contributed by atoms with van der Waals surface area (Å²) in [5.41, 5.74) is 13.4. The number of fused-ring (bicyclic) bond motifs is 4. The molecule has 1 nitrogen and oxygen atoms in total. The summed E-state index contributed by atoms with van der Waals surface area (Å²) in [5.74, 6) is 0. The second-order valence-corrected chi connectivity index (χ2v) is 10.1. The highest BCUT2D eigenvalue weighted by Crippen LogP contribution is 2.50. The Morgan fingerprint density at radius 1 is 0.861 bits per heavy atom. The van der Waals surface area contributed by atoms with Crippen molar-refractivity contribution >= 4 is 11.3 Å². The molecule has 0 bridgehead atoms. The van der Waals surface area contributed by atoms with Crippen molar-refractivity contribution in [2.75, 3.05) is 4.90 Å². The Hall–Kier alpha value is -4.10. The molecule has 1 aliphatic carbocycles. The highest BCUT2D eigenvalue weighted by atomic mass is 15.1. The van der Waals surface area contributed by atoms with Gasteiger partial charge in [-0.3, -0.25) is 0 Å². The summed E-state index contributed by atoms with van der Waals surface area (Å²) in [6.07, 6.45) is 16.3. The number of anilines is 1. The van der Waals surface area contributed by atoms with Crippen LogP contribution in [0.15, 0.2) is 122 Å². The van der Waals surface area contributed by atoms with Crippen LogP contribution in [-0.2, 0) is 5.41 Å². The minimum Gasteiger partial charge on any atom is -0.317 e. The molecular formula is C35H33N. The highest BCUT2D eigenvalue weighted by molar-refractivity contribution is 5.88. The second-order valence-electron chi connectivity index (χ2n) is 10.1. The molecule has 5 rings (SSSR count). The molecule has 0 amide bonds. The van der Waals surface area contributed by atoms with Crippen molar-refractivity contribution in [1.29, 1.82) is 0 Å².